The maximum atomic E-state index is 13.3. The quantitative estimate of drug-likeness (QED) is 0.924. The number of thioether (sulfide) groups is 1. The maximum absolute atomic E-state index is 13.3. The van der Waals surface area contributed by atoms with Crippen LogP contribution in [0.4, 0.5) is 4.39 Å². The number of hydrogen-bond donors (Lipinski definition) is 1. The SMILES string of the molecule is CC(C)(C)n1ncc(C2=NC(C(=O)O)CS2)c1-c1ccc(F)cc1. The lowest BCUT2D eigenvalue weighted by Gasteiger charge is -2.23. The van der Waals surface area contributed by atoms with Gasteiger partial charge >= 0.3 is 5.97 Å². The van der Waals surface area contributed by atoms with Crippen LogP contribution in [-0.4, -0.2) is 37.7 Å². The van der Waals surface area contributed by atoms with Crippen molar-refractivity contribution >= 4 is 22.8 Å². The summed E-state index contributed by atoms with van der Waals surface area (Å²) in [5.74, 6) is -0.821. The second kappa shape index (κ2) is 6.05. The minimum atomic E-state index is -0.927. The lowest BCUT2D eigenvalue weighted by Crippen LogP contribution is -2.24. The largest absolute Gasteiger partial charge is 0.480 e. The number of rotatable bonds is 3. The average molecular weight is 347 g/mol. The molecule has 2 aromatic rings. The fourth-order valence-corrected chi connectivity index (χ4v) is 3.59. The van der Waals surface area contributed by atoms with E-state index in [4.69, 9.17) is 5.11 Å². The van der Waals surface area contributed by atoms with Crippen molar-refractivity contribution in [3.8, 4) is 11.3 Å². The zero-order valence-corrected chi connectivity index (χ0v) is 14.5. The van der Waals surface area contributed by atoms with E-state index in [9.17, 15) is 9.18 Å². The van der Waals surface area contributed by atoms with Gasteiger partial charge in [-0.25, -0.2) is 9.18 Å². The van der Waals surface area contributed by atoms with E-state index in [1.807, 2.05) is 25.5 Å². The molecule has 1 aliphatic heterocycles. The van der Waals surface area contributed by atoms with Crippen molar-refractivity contribution < 1.29 is 14.3 Å². The van der Waals surface area contributed by atoms with Gasteiger partial charge in [0, 0.05) is 11.3 Å². The Morgan fingerprint density at radius 3 is 2.54 bits per heavy atom. The van der Waals surface area contributed by atoms with E-state index in [0.717, 1.165) is 16.8 Å². The summed E-state index contributed by atoms with van der Waals surface area (Å²) in [6.45, 7) is 6.08. The number of carbonyl (C=O) groups is 1. The number of aromatic nitrogens is 2. The van der Waals surface area contributed by atoms with Crippen molar-refractivity contribution in [3.05, 3.63) is 41.8 Å². The Labute approximate surface area is 143 Å². The van der Waals surface area contributed by atoms with E-state index in [2.05, 4.69) is 10.1 Å². The molecule has 0 saturated carbocycles. The van der Waals surface area contributed by atoms with Crippen LogP contribution in [0.2, 0.25) is 0 Å². The third-order valence-electron chi connectivity index (χ3n) is 3.69. The highest BCUT2D eigenvalue weighted by Gasteiger charge is 2.30. The number of nitrogens with zero attached hydrogens (tertiary/aromatic N) is 3. The first kappa shape index (κ1) is 16.7. The molecule has 1 aliphatic rings. The Morgan fingerprint density at radius 1 is 1.33 bits per heavy atom. The Balaban J connectivity index is 2.14. The van der Waals surface area contributed by atoms with Gasteiger partial charge < -0.3 is 5.11 Å². The molecular formula is C17H18FN3O2S. The van der Waals surface area contributed by atoms with Crippen molar-refractivity contribution in [2.75, 3.05) is 5.75 Å². The number of halogens is 1. The van der Waals surface area contributed by atoms with Gasteiger partial charge in [-0.3, -0.25) is 9.67 Å². The van der Waals surface area contributed by atoms with E-state index in [0.29, 0.717) is 10.8 Å². The number of carboxylic acid groups (broad SMARTS) is 1. The molecule has 0 radical (unpaired) electrons. The molecule has 126 valence electrons. The van der Waals surface area contributed by atoms with Crippen LogP contribution < -0.4 is 0 Å². The molecule has 3 rings (SSSR count). The standard InChI is InChI=1S/C17H18FN3O2S/c1-17(2,3)21-14(10-4-6-11(18)7-5-10)12(8-19-21)15-20-13(9-24-15)16(22)23/h4-8,13H,9H2,1-3H3,(H,22,23). The molecule has 0 saturated heterocycles. The van der Waals surface area contributed by atoms with Gasteiger partial charge in [0.15, 0.2) is 6.04 Å². The van der Waals surface area contributed by atoms with Crippen LogP contribution in [0.25, 0.3) is 11.3 Å². The predicted molar refractivity (Wildman–Crippen MR) is 93.0 cm³/mol. The van der Waals surface area contributed by atoms with Gasteiger partial charge in [0.1, 0.15) is 10.9 Å². The molecule has 0 bridgehead atoms. The van der Waals surface area contributed by atoms with Crippen molar-refractivity contribution in [2.45, 2.75) is 32.4 Å². The van der Waals surface area contributed by atoms with Crippen LogP contribution in [0.15, 0.2) is 35.5 Å². The van der Waals surface area contributed by atoms with Crippen molar-refractivity contribution in [1.82, 2.24) is 9.78 Å². The highest BCUT2D eigenvalue weighted by atomic mass is 32.2. The fourth-order valence-electron chi connectivity index (χ4n) is 2.55. The fraction of sp³-hybridized carbons (Fsp3) is 0.353. The van der Waals surface area contributed by atoms with E-state index in [-0.39, 0.29) is 11.4 Å². The second-order valence-electron chi connectivity index (χ2n) is 6.60. The summed E-state index contributed by atoms with van der Waals surface area (Å²) >= 11 is 1.41. The molecule has 1 aromatic heterocycles. The number of aliphatic carboxylic acids is 1. The predicted octanol–water partition coefficient (Wildman–Crippen LogP) is 3.39. The summed E-state index contributed by atoms with van der Waals surface area (Å²) < 4.78 is 15.2. The summed E-state index contributed by atoms with van der Waals surface area (Å²) in [6.07, 6.45) is 1.71. The van der Waals surface area contributed by atoms with Gasteiger partial charge in [0.25, 0.3) is 0 Å². The molecule has 1 N–H and O–H groups in total. The molecule has 5 nitrogen and oxygen atoms in total. The normalized spacial score (nSPS) is 17.8. The summed E-state index contributed by atoms with van der Waals surface area (Å²) in [5.41, 5.74) is 2.14. The van der Waals surface area contributed by atoms with E-state index in [1.54, 1.807) is 18.3 Å². The molecule has 0 aliphatic carbocycles. The number of benzene rings is 1. The molecule has 0 amide bonds. The van der Waals surface area contributed by atoms with Gasteiger partial charge in [-0.15, -0.1) is 11.8 Å². The minimum Gasteiger partial charge on any atom is -0.480 e. The van der Waals surface area contributed by atoms with E-state index >= 15 is 0 Å². The van der Waals surface area contributed by atoms with Crippen LogP contribution >= 0.6 is 11.8 Å². The highest BCUT2D eigenvalue weighted by molar-refractivity contribution is 8.14. The number of carboxylic acids is 1. The van der Waals surface area contributed by atoms with Crippen molar-refractivity contribution in [2.24, 2.45) is 4.99 Å². The molecule has 1 unspecified atom stereocenters. The third kappa shape index (κ3) is 3.08. The summed E-state index contributed by atoms with van der Waals surface area (Å²) in [7, 11) is 0. The van der Waals surface area contributed by atoms with Crippen LogP contribution in [0, 0.1) is 5.82 Å². The monoisotopic (exact) mass is 347 g/mol. The van der Waals surface area contributed by atoms with Crippen molar-refractivity contribution in [1.29, 1.82) is 0 Å². The van der Waals surface area contributed by atoms with Crippen LogP contribution in [-0.2, 0) is 10.3 Å². The lowest BCUT2D eigenvalue weighted by atomic mass is 10.0. The molecule has 1 atom stereocenters. The molecule has 1 aromatic carbocycles. The highest BCUT2D eigenvalue weighted by Crippen LogP contribution is 2.34. The number of hydrogen-bond acceptors (Lipinski definition) is 4. The minimum absolute atomic E-state index is 0.280. The van der Waals surface area contributed by atoms with E-state index in [1.165, 1.54) is 23.9 Å². The first-order valence-corrected chi connectivity index (χ1v) is 8.54. The zero-order chi connectivity index (χ0) is 17.5. The molecule has 7 heteroatoms. The van der Waals surface area contributed by atoms with Gasteiger partial charge in [-0.1, -0.05) is 0 Å². The summed E-state index contributed by atoms with van der Waals surface area (Å²) in [5, 5.41) is 14.3. The van der Waals surface area contributed by atoms with Crippen LogP contribution in [0.1, 0.15) is 26.3 Å². The Hall–Kier alpha value is -2.15. The molecular weight excluding hydrogens is 329 g/mol. The van der Waals surface area contributed by atoms with Gasteiger partial charge in [-0.05, 0) is 45.0 Å². The third-order valence-corrected chi connectivity index (χ3v) is 4.77. The number of aliphatic imine (C=N–C) groups is 1. The first-order chi connectivity index (χ1) is 11.3. The van der Waals surface area contributed by atoms with Gasteiger partial charge in [-0.2, -0.15) is 5.10 Å². The van der Waals surface area contributed by atoms with Crippen molar-refractivity contribution in [3.63, 3.8) is 0 Å². The average Bonchev–Trinajstić information content (AvgIpc) is 3.14. The summed E-state index contributed by atoms with van der Waals surface area (Å²) in [4.78, 5) is 15.5. The zero-order valence-electron chi connectivity index (χ0n) is 13.7. The molecule has 2 heterocycles. The molecule has 0 fully saturated rings. The van der Waals surface area contributed by atoms with Crippen LogP contribution in [0.3, 0.4) is 0 Å². The summed E-state index contributed by atoms with van der Waals surface area (Å²) in [6, 6.07) is 5.48. The second-order valence-corrected chi connectivity index (χ2v) is 7.60. The maximum Gasteiger partial charge on any atom is 0.329 e. The first-order valence-electron chi connectivity index (χ1n) is 7.55. The Morgan fingerprint density at radius 2 is 2.00 bits per heavy atom. The topological polar surface area (TPSA) is 67.5 Å². The Kier molecular flexibility index (Phi) is 4.21. The van der Waals surface area contributed by atoms with Crippen LogP contribution in [0.5, 0.6) is 0 Å². The smallest absolute Gasteiger partial charge is 0.329 e. The Bertz CT molecular complexity index is 806. The lowest BCUT2D eigenvalue weighted by molar-refractivity contribution is -0.137. The van der Waals surface area contributed by atoms with E-state index < -0.39 is 12.0 Å². The van der Waals surface area contributed by atoms with Gasteiger partial charge in [0.2, 0.25) is 0 Å². The van der Waals surface area contributed by atoms with Gasteiger partial charge in [0.05, 0.1) is 23.0 Å². The molecule has 0 spiro atoms. The molecule has 24 heavy (non-hydrogen) atoms.